The van der Waals surface area contributed by atoms with Gasteiger partial charge in [-0.2, -0.15) is 0 Å². The molecule has 1 heterocycles. The van der Waals surface area contributed by atoms with Gasteiger partial charge in [-0.25, -0.2) is 13.4 Å². The molecule has 0 aliphatic rings. The number of carbonyl (C=O) groups is 1. The van der Waals surface area contributed by atoms with Crippen molar-refractivity contribution in [3.8, 4) is 0 Å². The number of pyridine rings is 1. The van der Waals surface area contributed by atoms with Gasteiger partial charge in [-0.15, -0.1) is 0 Å². The fourth-order valence-electron chi connectivity index (χ4n) is 2.82. The van der Waals surface area contributed by atoms with Crippen molar-refractivity contribution in [1.82, 2.24) is 10.3 Å². The molecule has 7 heteroatoms. The zero-order valence-corrected chi connectivity index (χ0v) is 17.2. The Morgan fingerprint density at radius 3 is 2.45 bits per heavy atom. The Morgan fingerprint density at radius 2 is 1.72 bits per heavy atom. The summed E-state index contributed by atoms with van der Waals surface area (Å²) in [6.07, 6.45) is 2.68. The first-order chi connectivity index (χ1) is 13.8. The fraction of sp³-hybridized carbons (Fsp3) is 0.182. The van der Waals surface area contributed by atoms with Crippen molar-refractivity contribution in [3.63, 3.8) is 0 Å². The summed E-state index contributed by atoms with van der Waals surface area (Å²) in [7, 11) is -3.39. The van der Waals surface area contributed by atoms with Gasteiger partial charge in [-0.1, -0.05) is 42.0 Å². The van der Waals surface area contributed by atoms with Gasteiger partial charge in [-0.05, 0) is 42.3 Å². The van der Waals surface area contributed by atoms with Gasteiger partial charge in [0.25, 0.3) is 5.91 Å². The summed E-state index contributed by atoms with van der Waals surface area (Å²) in [5, 5.41) is 5.96. The Kier molecular flexibility index (Phi) is 6.29. The van der Waals surface area contributed by atoms with Crippen LogP contribution in [0.5, 0.6) is 0 Å². The molecule has 2 aromatic carbocycles. The topological polar surface area (TPSA) is 88.2 Å². The van der Waals surface area contributed by atoms with Crippen molar-refractivity contribution >= 4 is 21.6 Å². The normalized spacial score (nSPS) is 11.1. The molecule has 0 fully saturated rings. The van der Waals surface area contributed by atoms with Crippen LogP contribution in [0.25, 0.3) is 0 Å². The monoisotopic (exact) mass is 409 g/mol. The number of aromatic nitrogens is 1. The lowest BCUT2D eigenvalue weighted by atomic mass is 10.1. The van der Waals surface area contributed by atoms with E-state index in [4.69, 9.17) is 0 Å². The Hall–Kier alpha value is -3.19. The Labute approximate surface area is 170 Å². The first-order valence-corrected chi connectivity index (χ1v) is 11.0. The molecule has 0 aliphatic heterocycles. The van der Waals surface area contributed by atoms with Gasteiger partial charge in [0.15, 0.2) is 9.84 Å². The first kappa shape index (κ1) is 20.5. The molecule has 3 aromatic rings. The van der Waals surface area contributed by atoms with Crippen LogP contribution in [-0.2, 0) is 22.9 Å². The molecule has 0 aliphatic carbocycles. The van der Waals surface area contributed by atoms with Crippen LogP contribution in [0.15, 0.2) is 71.8 Å². The molecule has 0 saturated carbocycles. The molecule has 0 atom stereocenters. The van der Waals surface area contributed by atoms with E-state index in [9.17, 15) is 13.2 Å². The number of anilines is 1. The minimum atomic E-state index is -3.39. The summed E-state index contributed by atoms with van der Waals surface area (Å²) >= 11 is 0. The van der Waals surface area contributed by atoms with Crippen molar-refractivity contribution in [1.29, 1.82) is 0 Å². The predicted molar refractivity (Wildman–Crippen MR) is 113 cm³/mol. The lowest BCUT2D eigenvalue weighted by Gasteiger charge is -2.11. The van der Waals surface area contributed by atoms with Crippen LogP contribution in [-0.4, -0.2) is 25.6 Å². The molecule has 0 spiro atoms. The van der Waals surface area contributed by atoms with Crippen molar-refractivity contribution in [3.05, 3.63) is 89.1 Å². The minimum absolute atomic E-state index is 0.145. The van der Waals surface area contributed by atoms with Crippen LogP contribution in [0.2, 0.25) is 0 Å². The first-order valence-electron chi connectivity index (χ1n) is 9.14. The quantitative estimate of drug-likeness (QED) is 0.625. The van der Waals surface area contributed by atoms with Gasteiger partial charge >= 0.3 is 0 Å². The number of hydrogen-bond donors (Lipinski definition) is 2. The highest BCUT2D eigenvalue weighted by Crippen LogP contribution is 2.18. The Balaban J connectivity index is 1.65. The zero-order chi connectivity index (χ0) is 20.9. The van der Waals surface area contributed by atoms with Gasteiger partial charge in [0.1, 0.15) is 10.7 Å². The molecule has 1 amide bonds. The van der Waals surface area contributed by atoms with E-state index in [0.717, 1.165) is 17.4 Å². The Bertz CT molecular complexity index is 1110. The molecule has 0 saturated heterocycles. The molecule has 3 rings (SSSR count). The van der Waals surface area contributed by atoms with Gasteiger partial charge in [0.05, 0.1) is 0 Å². The van der Waals surface area contributed by atoms with Crippen LogP contribution in [0.1, 0.15) is 27.0 Å². The van der Waals surface area contributed by atoms with Gasteiger partial charge in [-0.3, -0.25) is 4.79 Å². The number of sulfone groups is 1. The third-order valence-corrected chi connectivity index (χ3v) is 5.52. The third kappa shape index (κ3) is 5.65. The van der Waals surface area contributed by atoms with Crippen molar-refractivity contribution in [2.75, 3.05) is 11.6 Å². The molecule has 2 N–H and O–H groups in total. The number of amides is 1. The van der Waals surface area contributed by atoms with E-state index in [0.29, 0.717) is 24.5 Å². The molecule has 0 radical (unpaired) electrons. The highest BCUT2D eigenvalue weighted by molar-refractivity contribution is 7.90. The summed E-state index contributed by atoms with van der Waals surface area (Å²) in [5.74, 6) is 0.131. The van der Waals surface area contributed by atoms with Crippen molar-refractivity contribution < 1.29 is 13.2 Å². The SMILES string of the molecule is Cc1ccc(CNC(=O)c2cccc(CNc3ncccc3S(C)(=O)=O)c2)cc1. The second kappa shape index (κ2) is 8.87. The molecule has 29 heavy (non-hydrogen) atoms. The smallest absolute Gasteiger partial charge is 0.251 e. The summed E-state index contributed by atoms with van der Waals surface area (Å²) in [5.41, 5.74) is 3.59. The second-order valence-electron chi connectivity index (χ2n) is 6.84. The number of aryl methyl sites for hydroxylation is 1. The minimum Gasteiger partial charge on any atom is -0.365 e. The number of benzene rings is 2. The molecule has 6 nitrogen and oxygen atoms in total. The van der Waals surface area contributed by atoms with E-state index in [1.807, 2.05) is 37.3 Å². The van der Waals surface area contributed by atoms with Crippen LogP contribution in [0.3, 0.4) is 0 Å². The van der Waals surface area contributed by atoms with E-state index in [1.165, 1.54) is 17.8 Å². The number of hydrogen-bond acceptors (Lipinski definition) is 5. The fourth-order valence-corrected chi connectivity index (χ4v) is 3.62. The lowest BCUT2D eigenvalue weighted by molar-refractivity contribution is 0.0951. The van der Waals surface area contributed by atoms with E-state index in [1.54, 1.807) is 24.3 Å². The summed E-state index contributed by atoms with van der Waals surface area (Å²) in [4.78, 5) is 16.7. The molecular weight excluding hydrogens is 386 g/mol. The van der Waals surface area contributed by atoms with Gasteiger partial charge in [0.2, 0.25) is 0 Å². The maximum atomic E-state index is 12.5. The van der Waals surface area contributed by atoms with Gasteiger partial charge < -0.3 is 10.6 Å². The number of rotatable bonds is 7. The van der Waals surface area contributed by atoms with E-state index >= 15 is 0 Å². The average Bonchev–Trinajstić information content (AvgIpc) is 2.71. The van der Waals surface area contributed by atoms with Crippen LogP contribution < -0.4 is 10.6 Å². The molecule has 0 bridgehead atoms. The van der Waals surface area contributed by atoms with E-state index < -0.39 is 9.84 Å². The standard InChI is InChI=1S/C22H23N3O3S/c1-16-8-10-17(11-9-16)14-25-22(26)19-6-3-5-18(13-19)15-24-21-20(29(2,27)28)7-4-12-23-21/h3-13H,14-15H2,1-2H3,(H,23,24)(H,25,26). The number of nitrogens with one attached hydrogen (secondary N) is 2. The summed E-state index contributed by atoms with van der Waals surface area (Å²) in [6, 6.07) is 18.3. The molecular formula is C22H23N3O3S. The summed E-state index contributed by atoms with van der Waals surface area (Å²) < 4.78 is 23.8. The van der Waals surface area contributed by atoms with Crippen LogP contribution in [0, 0.1) is 6.92 Å². The van der Waals surface area contributed by atoms with Crippen LogP contribution in [0.4, 0.5) is 5.82 Å². The van der Waals surface area contributed by atoms with Crippen LogP contribution >= 0.6 is 0 Å². The predicted octanol–water partition coefficient (Wildman–Crippen LogP) is 3.34. The number of nitrogens with zero attached hydrogens (tertiary/aromatic N) is 1. The third-order valence-electron chi connectivity index (χ3n) is 4.39. The molecule has 150 valence electrons. The van der Waals surface area contributed by atoms with Crippen molar-refractivity contribution in [2.45, 2.75) is 24.9 Å². The maximum Gasteiger partial charge on any atom is 0.251 e. The maximum absolute atomic E-state index is 12.5. The Morgan fingerprint density at radius 1 is 0.966 bits per heavy atom. The second-order valence-corrected chi connectivity index (χ2v) is 8.83. The highest BCUT2D eigenvalue weighted by atomic mass is 32.2. The molecule has 0 unspecified atom stereocenters. The molecule has 1 aromatic heterocycles. The van der Waals surface area contributed by atoms with E-state index in [-0.39, 0.29) is 10.8 Å². The zero-order valence-electron chi connectivity index (χ0n) is 16.3. The van der Waals surface area contributed by atoms with Gasteiger partial charge in [0, 0.05) is 31.1 Å². The highest BCUT2D eigenvalue weighted by Gasteiger charge is 2.14. The van der Waals surface area contributed by atoms with Crippen molar-refractivity contribution in [2.24, 2.45) is 0 Å². The summed E-state index contributed by atoms with van der Waals surface area (Å²) in [6.45, 7) is 2.82. The largest absolute Gasteiger partial charge is 0.365 e. The lowest BCUT2D eigenvalue weighted by Crippen LogP contribution is -2.23. The van der Waals surface area contributed by atoms with E-state index in [2.05, 4.69) is 15.6 Å². The average molecular weight is 410 g/mol. The number of carbonyl (C=O) groups excluding carboxylic acids is 1.